The van der Waals surface area contributed by atoms with Gasteiger partial charge in [0.25, 0.3) is 0 Å². The van der Waals surface area contributed by atoms with Crippen molar-refractivity contribution in [2.75, 3.05) is 5.32 Å². The molecular formula is C23H20ClN7. The van der Waals surface area contributed by atoms with Crippen LogP contribution in [0.5, 0.6) is 0 Å². The van der Waals surface area contributed by atoms with Crippen molar-refractivity contribution in [3.63, 3.8) is 0 Å². The average Bonchev–Trinajstić information content (AvgIpc) is 3.28. The van der Waals surface area contributed by atoms with Gasteiger partial charge in [0.1, 0.15) is 11.8 Å². The number of hydrogen-bond acceptors (Lipinski definition) is 6. The molecule has 0 fully saturated rings. The van der Waals surface area contributed by atoms with E-state index in [1.807, 2.05) is 30.5 Å². The summed E-state index contributed by atoms with van der Waals surface area (Å²) in [7, 11) is 0. The second kappa shape index (κ2) is 7.92. The molecule has 0 amide bonds. The zero-order chi connectivity index (χ0) is 21.4. The van der Waals surface area contributed by atoms with Crippen LogP contribution in [0, 0.1) is 0 Å². The topological polar surface area (TPSA) is 92.3 Å². The molecule has 154 valence electrons. The van der Waals surface area contributed by atoms with Gasteiger partial charge in [0, 0.05) is 28.4 Å². The molecule has 4 heterocycles. The van der Waals surface area contributed by atoms with Gasteiger partial charge >= 0.3 is 0 Å². The maximum atomic E-state index is 6.48. The van der Waals surface area contributed by atoms with Crippen molar-refractivity contribution in [1.82, 2.24) is 29.9 Å². The molecule has 1 atom stereocenters. The number of halogens is 1. The molecule has 0 aliphatic heterocycles. The van der Waals surface area contributed by atoms with Crippen LogP contribution in [0.25, 0.3) is 33.3 Å². The van der Waals surface area contributed by atoms with E-state index in [4.69, 9.17) is 16.6 Å². The number of anilines is 1. The van der Waals surface area contributed by atoms with Gasteiger partial charge < -0.3 is 10.3 Å². The van der Waals surface area contributed by atoms with E-state index in [9.17, 15) is 0 Å². The van der Waals surface area contributed by atoms with Gasteiger partial charge in [-0.3, -0.25) is 4.98 Å². The molecule has 7 nitrogen and oxygen atoms in total. The summed E-state index contributed by atoms with van der Waals surface area (Å²) < 4.78 is 0. The normalized spacial score (nSPS) is 12.4. The molecule has 8 heteroatoms. The Morgan fingerprint density at radius 2 is 2.00 bits per heavy atom. The number of fused-ring (bicyclic) bond motifs is 2. The summed E-state index contributed by atoms with van der Waals surface area (Å²) in [6, 6.07) is 11.9. The Kier molecular flexibility index (Phi) is 4.95. The fraction of sp³-hybridized carbons (Fsp3) is 0.174. The second-order valence-electron chi connectivity index (χ2n) is 7.28. The van der Waals surface area contributed by atoms with Crippen molar-refractivity contribution < 1.29 is 0 Å². The standard InChI is InChI=1S/C23H20ClN7/c1-3-18-15(7-5-9-25-18)20-16(10-14-6-4-8-17(24)19(14)31-20)13(2)30-23-21-22(27-11-26-21)28-12-29-23/h4-13H,3H2,1-2H3,(H2,26,27,28,29,30). The lowest BCUT2D eigenvalue weighted by Gasteiger charge is -2.20. The van der Waals surface area contributed by atoms with E-state index in [0.717, 1.165) is 45.4 Å². The van der Waals surface area contributed by atoms with Crippen molar-refractivity contribution in [3.05, 3.63) is 71.5 Å². The summed E-state index contributed by atoms with van der Waals surface area (Å²) in [4.78, 5) is 25.5. The Morgan fingerprint density at radius 3 is 2.87 bits per heavy atom. The summed E-state index contributed by atoms with van der Waals surface area (Å²) >= 11 is 6.48. The lowest BCUT2D eigenvalue weighted by molar-refractivity contribution is 0.871. The van der Waals surface area contributed by atoms with Crippen LogP contribution in [0.15, 0.2) is 55.2 Å². The predicted molar refractivity (Wildman–Crippen MR) is 123 cm³/mol. The van der Waals surface area contributed by atoms with Crippen LogP contribution in [0.4, 0.5) is 5.82 Å². The highest BCUT2D eigenvalue weighted by Gasteiger charge is 2.20. The first-order valence-electron chi connectivity index (χ1n) is 10.1. The summed E-state index contributed by atoms with van der Waals surface area (Å²) in [6.07, 6.45) is 5.74. The lowest BCUT2D eigenvalue weighted by atomic mass is 9.97. The van der Waals surface area contributed by atoms with E-state index >= 15 is 0 Å². The molecule has 1 unspecified atom stereocenters. The molecule has 0 aliphatic carbocycles. The second-order valence-corrected chi connectivity index (χ2v) is 7.69. The van der Waals surface area contributed by atoms with Gasteiger partial charge in [-0.25, -0.2) is 19.9 Å². The molecule has 0 aliphatic rings. The zero-order valence-electron chi connectivity index (χ0n) is 17.1. The Balaban J connectivity index is 1.68. The van der Waals surface area contributed by atoms with Crippen molar-refractivity contribution in [2.45, 2.75) is 26.3 Å². The summed E-state index contributed by atoms with van der Waals surface area (Å²) in [5.41, 5.74) is 6.05. The largest absolute Gasteiger partial charge is 0.362 e. The van der Waals surface area contributed by atoms with Gasteiger partial charge in [0.2, 0.25) is 0 Å². The Morgan fingerprint density at radius 1 is 1.10 bits per heavy atom. The minimum absolute atomic E-state index is 0.0998. The Hall–Kier alpha value is -3.58. The molecule has 1 aromatic carbocycles. The third-order valence-corrected chi connectivity index (χ3v) is 5.65. The summed E-state index contributed by atoms with van der Waals surface area (Å²) in [5, 5.41) is 5.11. The number of aromatic nitrogens is 6. The first-order chi connectivity index (χ1) is 15.2. The third kappa shape index (κ3) is 3.47. The van der Waals surface area contributed by atoms with Crippen molar-refractivity contribution in [1.29, 1.82) is 0 Å². The third-order valence-electron chi connectivity index (χ3n) is 5.35. The number of pyridine rings is 2. The molecule has 0 saturated heterocycles. The smallest absolute Gasteiger partial charge is 0.182 e. The number of benzene rings is 1. The molecule has 4 aromatic heterocycles. The molecule has 5 aromatic rings. The monoisotopic (exact) mass is 429 g/mol. The van der Waals surface area contributed by atoms with Crippen LogP contribution >= 0.6 is 11.6 Å². The van der Waals surface area contributed by atoms with Gasteiger partial charge in [0.15, 0.2) is 11.5 Å². The average molecular weight is 430 g/mol. The number of imidazole rings is 1. The maximum Gasteiger partial charge on any atom is 0.182 e. The minimum Gasteiger partial charge on any atom is -0.362 e. The highest BCUT2D eigenvalue weighted by molar-refractivity contribution is 6.35. The van der Waals surface area contributed by atoms with E-state index < -0.39 is 0 Å². The summed E-state index contributed by atoms with van der Waals surface area (Å²) in [6.45, 7) is 4.18. The highest BCUT2D eigenvalue weighted by atomic mass is 35.5. The van der Waals surface area contributed by atoms with Crippen molar-refractivity contribution >= 4 is 39.5 Å². The molecule has 5 rings (SSSR count). The number of aryl methyl sites for hydroxylation is 1. The van der Waals surface area contributed by atoms with Gasteiger partial charge in [-0.1, -0.05) is 30.7 Å². The first kappa shape index (κ1) is 19.4. The summed E-state index contributed by atoms with van der Waals surface area (Å²) in [5.74, 6) is 0.689. The van der Waals surface area contributed by atoms with Gasteiger partial charge in [-0.15, -0.1) is 0 Å². The van der Waals surface area contributed by atoms with Crippen LogP contribution in [0.3, 0.4) is 0 Å². The van der Waals surface area contributed by atoms with E-state index in [1.165, 1.54) is 6.33 Å². The number of hydrogen-bond donors (Lipinski definition) is 2. The SMILES string of the molecule is CCc1ncccc1-c1nc2c(Cl)cccc2cc1C(C)Nc1ncnc2nc[nH]c12. The van der Waals surface area contributed by atoms with E-state index in [1.54, 1.807) is 6.33 Å². The van der Waals surface area contributed by atoms with Crippen LogP contribution in [-0.4, -0.2) is 29.9 Å². The van der Waals surface area contributed by atoms with Crippen LogP contribution in [-0.2, 0) is 6.42 Å². The van der Waals surface area contributed by atoms with E-state index in [2.05, 4.69) is 56.2 Å². The van der Waals surface area contributed by atoms with E-state index in [0.29, 0.717) is 16.5 Å². The fourth-order valence-corrected chi connectivity index (χ4v) is 4.04. The number of para-hydroxylation sites is 1. The van der Waals surface area contributed by atoms with Gasteiger partial charge in [-0.05, 0) is 37.6 Å². The van der Waals surface area contributed by atoms with Crippen molar-refractivity contribution in [2.24, 2.45) is 0 Å². The number of nitrogens with one attached hydrogen (secondary N) is 2. The fourth-order valence-electron chi connectivity index (χ4n) is 3.82. The van der Waals surface area contributed by atoms with Crippen LogP contribution in [0.2, 0.25) is 5.02 Å². The number of aromatic amines is 1. The predicted octanol–water partition coefficient (Wildman–Crippen LogP) is 5.35. The maximum absolute atomic E-state index is 6.48. The zero-order valence-corrected chi connectivity index (χ0v) is 17.9. The number of H-pyrrole nitrogens is 1. The molecule has 0 radical (unpaired) electrons. The first-order valence-corrected chi connectivity index (χ1v) is 10.5. The van der Waals surface area contributed by atoms with Gasteiger partial charge in [0.05, 0.1) is 28.6 Å². The Labute approximate surface area is 184 Å². The van der Waals surface area contributed by atoms with Crippen LogP contribution in [0.1, 0.15) is 31.1 Å². The van der Waals surface area contributed by atoms with Crippen molar-refractivity contribution in [3.8, 4) is 11.3 Å². The quantitative estimate of drug-likeness (QED) is 0.391. The molecule has 0 spiro atoms. The van der Waals surface area contributed by atoms with E-state index in [-0.39, 0.29) is 6.04 Å². The molecule has 0 bridgehead atoms. The molecule has 0 saturated carbocycles. The highest BCUT2D eigenvalue weighted by Crippen LogP contribution is 2.35. The van der Waals surface area contributed by atoms with Crippen LogP contribution < -0.4 is 5.32 Å². The molecular weight excluding hydrogens is 410 g/mol. The lowest BCUT2D eigenvalue weighted by Crippen LogP contribution is -2.11. The number of rotatable bonds is 5. The number of nitrogens with zero attached hydrogens (tertiary/aromatic N) is 5. The van der Waals surface area contributed by atoms with Gasteiger partial charge in [-0.2, -0.15) is 0 Å². The molecule has 31 heavy (non-hydrogen) atoms. The molecule has 2 N–H and O–H groups in total. The minimum atomic E-state index is -0.0998. The Bertz CT molecular complexity index is 1400.